The van der Waals surface area contributed by atoms with Crippen LogP contribution in [0.1, 0.15) is 21.7 Å². The molecular formula is C21H15Cl2FN6OS. The molecule has 0 aliphatic heterocycles. The molecule has 0 fully saturated rings. The molecule has 0 saturated carbocycles. The summed E-state index contributed by atoms with van der Waals surface area (Å²) >= 11 is 13.6. The fourth-order valence-electron chi connectivity index (χ4n) is 2.84. The molecular weight excluding hydrogens is 474 g/mol. The number of halogens is 3. The van der Waals surface area contributed by atoms with Crippen LogP contribution in [0.4, 0.5) is 4.39 Å². The zero-order valence-corrected chi connectivity index (χ0v) is 18.7. The van der Waals surface area contributed by atoms with E-state index in [2.05, 4.69) is 25.6 Å². The molecule has 0 aliphatic carbocycles. The van der Waals surface area contributed by atoms with Crippen LogP contribution in [0, 0.1) is 5.82 Å². The highest BCUT2D eigenvalue weighted by atomic mass is 35.5. The van der Waals surface area contributed by atoms with Crippen molar-refractivity contribution in [2.45, 2.75) is 17.5 Å². The van der Waals surface area contributed by atoms with Gasteiger partial charge in [-0.3, -0.25) is 4.79 Å². The Kier molecular flexibility index (Phi) is 6.99. The lowest BCUT2D eigenvalue weighted by Crippen LogP contribution is -2.24. The van der Waals surface area contributed by atoms with Gasteiger partial charge in [-0.2, -0.15) is 0 Å². The highest BCUT2D eigenvalue weighted by Gasteiger charge is 2.21. The van der Waals surface area contributed by atoms with Crippen LogP contribution in [0.25, 0.3) is 5.69 Å². The van der Waals surface area contributed by atoms with Crippen molar-refractivity contribution in [3.63, 3.8) is 0 Å². The number of hydrogen-bond acceptors (Lipinski definition) is 6. The van der Waals surface area contributed by atoms with Crippen molar-refractivity contribution in [1.29, 1.82) is 0 Å². The highest BCUT2D eigenvalue weighted by Crippen LogP contribution is 2.26. The van der Waals surface area contributed by atoms with Crippen LogP contribution in [-0.4, -0.2) is 30.9 Å². The van der Waals surface area contributed by atoms with Crippen molar-refractivity contribution in [3.05, 3.63) is 93.7 Å². The van der Waals surface area contributed by atoms with Gasteiger partial charge in [-0.05, 0) is 42.0 Å². The Morgan fingerprint density at radius 2 is 1.75 bits per heavy atom. The van der Waals surface area contributed by atoms with Crippen molar-refractivity contribution >= 4 is 40.9 Å². The van der Waals surface area contributed by atoms with E-state index in [1.807, 2.05) is 0 Å². The molecule has 1 N–H and O–H groups in total. The minimum absolute atomic E-state index is 0.145. The van der Waals surface area contributed by atoms with Gasteiger partial charge >= 0.3 is 0 Å². The molecule has 1 amide bonds. The summed E-state index contributed by atoms with van der Waals surface area (Å²) in [6, 6.07) is 12.5. The van der Waals surface area contributed by atoms with E-state index in [0.29, 0.717) is 32.3 Å². The summed E-state index contributed by atoms with van der Waals surface area (Å²) in [5.41, 5.74) is 1.99. The van der Waals surface area contributed by atoms with Crippen molar-refractivity contribution < 1.29 is 9.18 Å². The molecule has 162 valence electrons. The van der Waals surface area contributed by atoms with Crippen LogP contribution < -0.4 is 5.32 Å². The van der Waals surface area contributed by atoms with E-state index < -0.39 is 5.91 Å². The zero-order valence-electron chi connectivity index (χ0n) is 16.4. The molecule has 0 bridgehead atoms. The average molecular weight is 489 g/mol. The minimum Gasteiger partial charge on any atom is -0.347 e. The molecule has 7 nitrogen and oxygen atoms in total. The molecule has 2 aromatic carbocycles. The lowest BCUT2D eigenvalue weighted by atomic mass is 10.2. The SMILES string of the molecule is O=C(NCc1ccc(F)cc1)c1nnn(-c2cc(Cl)cc(Cl)c2)c1CSc1ncccn1. The second-order valence-corrected chi connectivity index (χ2v) is 8.37. The molecule has 0 aliphatic rings. The summed E-state index contributed by atoms with van der Waals surface area (Å²) in [6.45, 7) is 0.212. The highest BCUT2D eigenvalue weighted by molar-refractivity contribution is 7.98. The lowest BCUT2D eigenvalue weighted by molar-refractivity contribution is 0.0945. The molecule has 2 aromatic heterocycles. The first-order valence-electron chi connectivity index (χ1n) is 9.33. The van der Waals surface area contributed by atoms with Crippen LogP contribution >= 0.6 is 35.0 Å². The van der Waals surface area contributed by atoms with Gasteiger partial charge in [0.25, 0.3) is 5.91 Å². The van der Waals surface area contributed by atoms with Gasteiger partial charge in [0.1, 0.15) is 5.82 Å². The van der Waals surface area contributed by atoms with Crippen LogP contribution in [0.3, 0.4) is 0 Å². The van der Waals surface area contributed by atoms with Gasteiger partial charge in [-0.15, -0.1) is 5.10 Å². The first-order valence-corrected chi connectivity index (χ1v) is 11.1. The smallest absolute Gasteiger partial charge is 0.274 e. The molecule has 0 spiro atoms. The molecule has 32 heavy (non-hydrogen) atoms. The minimum atomic E-state index is -0.418. The van der Waals surface area contributed by atoms with Crippen LogP contribution in [0.5, 0.6) is 0 Å². The molecule has 0 unspecified atom stereocenters. The third-order valence-corrected chi connectivity index (χ3v) is 5.64. The third-order valence-electron chi connectivity index (χ3n) is 4.32. The predicted octanol–water partition coefficient (Wildman–Crippen LogP) is 4.73. The Morgan fingerprint density at radius 3 is 2.44 bits per heavy atom. The third kappa shape index (κ3) is 5.42. The Balaban J connectivity index is 1.62. The zero-order chi connectivity index (χ0) is 22.5. The monoisotopic (exact) mass is 488 g/mol. The molecule has 4 rings (SSSR count). The number of benzene rings is 2. The molecule has 4 aromatic rings. The summed E-state index contributed by atoms with van der Waals surface area (Å²) in [4.78, 5) is 21.3. The Hall–Kier alpha value is -3.01. The molecule has 0 saturated heterocycles. The van der Waals surface area contributed by atoms with Crippen molar-refractivity contribution in [2.24, 2.45) is 0 Å². The van der Waals surface area contributed by atoms with Gasteiger partial charge in [-0.25, -0.2) is 19.0 Å². The average Bonchev–Trinajstić information content (AvgIpc) is 3.21. The molecule has 0 radical (unpaired) electrons. The first-order chi connectivity index (χ1) is 15.5. The second kappa shape index (κ2) is 10.1. The topological polar surface area (TPSA) is 85.6 Å². The van der Waals surface area contributed by atoms with E-state index in [0.717, 1.165) is 5.56 Å². The largest absolute Gasteiger partial charge is 0.347 e. The molecule has 2 heterocycles. The van der Waals surface area contributed by atoms with Crippen molar-refractivity contribution in [2.75, 3.05) is 0 Å². The van der Waals surface area contributed by atoms with Crippen LogP contribution in [-0.2, 0) is 12.3 Å². The Morgan fingerprint density at radius 1 is 1.06 bits per heavy atom. The number of nitrogens with zero attached hydrogens (tertiary/aromatic N) is 5. The number of carbonyl (C=O) groups excluding carboxylic acids is 1. The normalized spacial score (nSPS) is 10.8. The lowest BCUT2D eigenvalue weighted by Gasteiger charge is -2.09. The first kappa shape index (κ1) is 22.2. The maximum absolute atomic E-state index is 13.1. The van der Waals surface area contributed by atoms with Gasteiger partial charge in [0.2, 0.25) is 0 Å². The van der Waals surface area contributed by atoms with E-state index >= 15 is 0 Å². The fraction of sp³-hybridized carbons (Fsp3) is 0.0952. The summed E-state index contributed by atoms with van der Waals surface area (Å²) in [6.07, 6.45) is 3.27. The van der Waals surface area contributed by atoms with Crippen molar-refractivity contribution in [3.8, 4) is 5.69 Å². The summed E-state index contributed by atoms with van der Waals surface area (Å²) < 4.78 is 14.6. The number of amides is 1. The van der Waals surface area contributed by atoms with Crippen molar-refractivity contribution in [1.82, 2.24) is 30.3 Å². The van der Waals surface area contributed by atoms with Gasteiger partial charge < -0.3 is 5.32 Å². The number of thioether (sulfide) groups is 1. The van der Waals surface area contributed by atoms with E-state index in [-0.39, 0.29) is 18.1 Å². The number of aromatic nitrogens is 5. The summed E-state index contributed by atoms with van der Waals surface area (Å²) in [5, 5.41) is 12.4. The van der Waals surface area contributed by atoms with Crippen LogP contribution in [0.15, 0.2) is 66.1 Å². The standard InChI is InChI=1S/C21H15Cl2FN6OS/c22-14-8-15(23)10-17(9-14)30-18(12-32-21-25-6-1-7-26-21)19(28-29-30)20(31)27-11-13-2-4-16(24)5-3-13/h1-10H,11-12H2,(H,27,31). The van der Waals surface area contributed by atoms with Crippen LogP contribution in [0.2, 0.25) is 10.0 Å². The quantitative estimate of drug-likeness (QED) is 0.299. The number of carbonyl (C=O) groups is 1. The maximum atomic E-state index is 13.1. The Bertz CT molecular complexity index is 1220. The summed E-state index contributed by atoms with van der Waals surface area (Å²) in [5.74, 6) is -0.440. The van der Waals surface area contributed by atoms with E-state index in [4.69, 9.17) is 23.2 Å². The number of hydrogen-bond donors (Lipinski definition) is 1. The molecule has 11 heteroatoms. The molecule has 0 atom stereocenters. The number of nitrogens with one attached hydrogen (secondary N) is 1. The Labute approximate surface area is 197 Å². The van der Waals surface area contributed by atoms with Gasteiger partial charge in [-0.1, -0.05) is 52.3 Å². The summed E-state index contributed by atoms with van der Waals surface area (Å²) in [7, 11) is 0. The number of rotatable bonds is 7. The van der Waals surface area contributed by atoms with Gasteiger partial charge in [0, 0.05) is 34.7 Å². The maximum Gasteiger partial charge on any atom is 0.274 e. The fourth-order valence-corrected chi connectivity index (χ4v) is 4.15. The predicted molar refractivity (Wildman–Crippen MR) is 121 cm³/mol. The van der Waals surface area contributed by atoms with E-state index in [9.17, 15) is 9.18 Å². The van der Waals surface area contributed by atoms with Gasteiger partial charge in [0.05, 0.1) is 11.4 Å². The second-order valence-electron chi connectivity index (χ2n) is 6.55. The van der Waals surface area contributed by atoms with E-state index in [1.165, 1.54) is 28.6 Å². The van der Waals surface area contributed by atoms with Gasteiger partial charge in [0.15, 0.2) is 10.9 Å². The van der Waals surface area contributed by atoms with E-state index in [1.54, 1.807) is 48.8 Å².